The largest absolute Gasteiger partial charge is 0.465 e. The van der Waals surface area contributed by atoms with Gasteiger partial charge in [0.1, 0.15) is 0 Å². The van der Waals surface area contributed by atoms with Gasteiger partial charge in [-0.2, -0.15) is 0 Å². The van der Waals surface area contributed by atoms with Crippen LogP contribution in [0.1, 0.15) is 33.6 Å². The molecule has 0 aromatic heterocycles. The first kappa shape index (κ1) is 18.7. The first-order valence-electron chi connectivity index (χ1n) is 8.11. The minimum atomic E-state index is -1.36. The molecule has 2 nitrogen and oxygen atoms in total. The van der Waals surface area contributed by atoms with Gasteiger partial charge in [-0.25, -0.2) is 0 Å². The minimum absolute atomic E-state index is 0.117. The van der Waals surface area contributed by atoms with Crippen LogP contribution in [0.2, 0.25) is 19.1 Å². The molecule has 1 aromatic rings. The first-order chi connectivity index (χ1) is 10.2. The maximum absolute atomic E-state index is 11.6. The number of benzene rings is 1. The summed E-state index contributed by atoms with van der Waals surface area (Å²) in [6.07, 6.45) is 6.38. The maximum atomic E-state index is 11.6. The normalized spacial score (nSPS) is 12.6. The Kier molecular flexibility index (Phi) is 7.07. The molecule has 0 amide bonds. The van der Waals surface area contributed by atoms with Crippen molar-refractivity contribution in [3.8, 4) is 0 Å². The number of carbonyl (C=O) groups is 1. The number of carbonyl (C=O) groups excluding carboxylic acids is 1. The van der Waals surface area contributed by atoms with Crippen LogP contribution in [0.15, 0.2) is 42.5 Å². The Morgan fingerprint density at radius 3 is 2.36 bits per heavy atom. The Labute approximate surface area is 136 Å². The van der Waals surface area contributed by atoms with Gasteiger partial charge in [-0.15, -0.1) is 0 Å². The van der Waals surface area contributed by atoms with Gasteiger partial charge in [0.15, 0.2) is 0 Å². The fourth-order valence-electron chi connectivity index (χ4n) is 2.09. The van der Waals surface area contributed by atoms with E-state index in [4.69, 9.17) is 4.74 Å². The van der Waals surface area contributed by atoms with E-state index in [1.807, 2.05) is 20.8 Å². The van der Waals surface area contributed by atoms with Crippen molar-refractivity contribution in [1.82, 2.24) is 0 Å². The Balaban J connectivity index is 2.26. The molecule has 0 unspecified atom stereocenters. The summed E-state index contributed by atoms with van der Waals surface area (Å²) in [5, 5.41) is 1.50. The fourth-order valence-corrected chi connectivity index (χ4v) is 4.17. The van der Waals surface area contributed by atoms with Crippen LogP contribution in [0.5, 0.6) is 0 Å². The molecule has 0 aliphatic carbocycles. The van der Waals surface area contributed by atoms with Crippen molar-refractivity contribution in [3.63, 3.8) is 0 Å². The van der Waals surface area contributed by atoms with Crippen LogP contribution in [0.25, 0.3) is 0 Å². The SMILES string of the molecule is CC(C)(C)C(=O)OCCC/C=C/C[Si](C)(C)c1ccccc1. The summed E-state index contributed by atoms with van der Waals surface area (Å²) in [4.78, 5) is 11.6. The summed E-state index contributed by atoms with van der Waals surface area (Å²) in [7, 11) is -1.36. The number of hydrogen-bond acceptors (Lipinski definition) is 2. The molecular formula is C19H30O2Si. The Hall–Kier alpha value is -1.35. The number of unbranched alkanes of at least 4 members (excludes halogenated alkanes) is 1. The van der Waals surface area contributed by atoms with E-state index in [1.165, 1.54) is 5.19 Å². The van der Waals surface area contributed by atoms with Crippen molar-refractivity contribution in [3.05, 3.63) is 42.5 Å². The first-order valence-corrected chi connectivity index (χ1v) is 11.3. The molecule has 22 heavy (non-hydrogen) atoms. The lowest BCUT2D eigenvalue weighted by molar-refractivity contribution is -0.153. The van der Waals surface area contributed by atoms with Crippen molar-refractivity contribution < 1.29 is 9.53 Å². The van der Waals surface area contributed by atoms with Crippen molar-refractivity contribution in [2.24, 2.45) is 5.41 Å². The summed E-state index contributed by atoms with van der Waals surface area (Å²) in [6.45, 7) is 11.0. The predicted molar refractivity (Wildman–Crippen MR) is 97.2 cm³/mol. The van der Waals surface area contributed by atoms with Crippen molar-refractivity contribution in [2.45, 2.75) is 52.8 Å². The monoisotopic (exact) mass is 318 g/mol. The average Bonchev–Trinajstić information content (AvgIpc) is 2.46. The highest BCUT2D eigenvalue weighted by Crippen LogP contribution is 2.15. The lowest BCUT2D eigenvalue weighted by Gasteiger charge is -2.20. The van der Waals surface area contributed by atoms with E-state index in [1.54, 1.807) is 0 Å². The summed E-state index contributed by atoms with van der Waals surface area (Å²) in [5.41, 5.74) is -0.402. The number of esters is 1. The van der Waals surface area contributed by atoms with Crippen molar-refractivity contribution >= 4 is 19.2 Å². The molecule has 0 spiro atoms. The van der Waals surface area contributed by atoms with Gasteiger partial charge < -0.3 is 4.74 Å². The van der Waals surface area contributed by atoms with Gasteiger partial charge in [-0.1, -0.05) is 60.8 Å². The number of ether oxygens (including phenoxy) is 1. The van der Waals surface area contributed by atoms with Gasteiger partial charge in [0.25, 0.3) is 0 Å². The van der Waals surface area contributed by atoms with E-state index in [0.717, 1.165) is 18.9 Å². The van der Waals surface area contributed by atoms with Crippen LogP contribution in [0.4, 0.5) is 0 Å². The van der Waals surface area contributed by atoms with Crippen LogP contribution < -0.4 is 5.19 Å². The molecule has 0 heterocycles. The topological polar surface area (TPSA) is 26.3 Å². The highest BCUT2D eigenvalue weighted by Gasteiger charge is 2.22. The molecule has 1 aromatic carbocycles. The zero-order valence-corrected chi connectivity index (χ0v) is 15.7. The van der Waals surface area contributed by atoms with Gasteiger partial charge in [0.05, 0.1) is 20.1 Å². The van der Waals surface area contributed by atoms with E-state index in [-0.39, 0.29) is 5.97 Å². The Bertz CT molecular complexity index is 484. The van der Waals surface area contributed by atoms with Crippen LogP contribution in [-0.4, -0.2) is 20.7 Å². The molecule has 0 bridgehead atoms. The molecule has 0 aliphatic heterocycles. The molecule has 0 saturated carbocycles. The van der Waals surface area contributed by atoms with Crippen LogP contribution >= 0.6 is 0 Å². The smallest absolute Gasteiger partial charge is 0.311 e. The average molecular weight is 319 g/mol. The summed E-state index contributed by atoms with van der Waals surface area (Å²) in [6, 6.07) is 12.0. The van der Waals surface area contributed by atoms with Crippen LogP contribution in [0, 0.1) is 5.41 Å². The molecule has 122 valence electrons. The second-order valence-electron chi connectivity index (χ2n) is 7.45. The van der Waals surface area contributed by atoms with Crippen molar-refractivity contribution in [1.29, 1.82) is 0 Å². The molecule has 0 saturated heterocycles. The van der Waals surface area contributed by atoms with Gasteiger partial charge in [0, 0.05) is 0 Å². The van der Waals surface area contributed by atoms with Crippen LogP contribution in [-0.2, 0) is 9.53 Å². The van der Waals surface area contributed by atoms with E-state index >= 15 is 0 Å². The summed E-state index contributed by atoms with van der Waals surface area (Å²) < 4.78 is 5.26. The summed E-state index contributed by atoms with van der Waals surface area (Å²) >= 11 is 0. The molecule has 0 atom stereocenters. The van der Waals surface area contributed by atoms with Gasteiger partial charge in [-0.3, -0.25) is 4.79 Å². The number of allylic oxidation sites excluding steroid dienone is 2. The quantitative estimate of drug-likeness (QED) is 0.319. The zero-order chi connectivity index (χ0) is 16.6. The van der Waals surface area contributed by atoms with E-state index in [9.17, 15) is 4.79 Å². The second kappa shape index (κ2) is 8.32. The van der Waals surface area contributed by atoms with Gasteiger partial charge in [0.2, 0.25) is 0 Å². The third kappa shape index (κ3) is 6.61. The van der Waals surface area contributed by atoms with E-state index < -0.39 is 13.5 Å². The maximum Gasteiger partial charge on any atom is 0.311 e. The molecule has 0 radical (unpaired) electrons. The molecule has 1 rings (SSSR count). The highest BCUT2D eigenvalue weighted by atomic mass is 28.3. The highest BCUT2D eigenvalue weighted by molar-refractivity contribution is 6.90. The number of hydrogen-bond donors (Lipinski definition) is 0. The standard InChI is InChI=1S/C19H30O2Si/c1-19(2,3)18(20)21-15-11-6-7-12-16-22(4,5)17-13-9-8-10-14-17/h7-10,12-14H,6,11,15-16H2,1-5H3/b12-7+. The van der Waals surface area contributed by atoms with Crippen LogP contribution in [0.3, 0.4) is 0 Å². The van der Waals surface area contributed by atoms with Gasteiger partial charge in [-0.05, 0) is 39.7 Å². The fraction of sp³-hybridized carbons (Fsp3) is 0.526. The summed E-state index contributed by atoms with van der Waals surface area (Å²) in [5.74, 6) is -0.117. The van der Waals surface area contributed by atoms with E-state index in [2.05, 4.69) is 55.6 Å². The lowest BCUT2D eigenvalue weighted by atomic mass is 9.97. The van der Waals surface area contributed by atoms with Crippen molar-refractivity contribution in [2.75, 3.05) is 6.61 Å². The molecular weight excluding hydrogens is 288 g/mol. The third-order valence-electron chi connectivity index (χ3n) is 3.71. The third-order valence-corrected chi connectivity index (χ3v) is 6.86. The van der Waals surface area contributed by atoms with E-state index in [0.29, 0.717) is 6.61 Å². The number of rotatable bonds is 7. The molecule has 0 aliphatic rings. The van der Waals surface area contributed by atoms with Gasteiger partial charge >= 0.3 is 5.97 Å². The Morgan fingerprint density at radius 1 is 1.14 bits per heavy atom. The Morgan fingerprint density at radius 2 is 1.77 bits per heavy atom. The molecule has 0 fully saturated rings. The lowest BCUT2D eigenvalue weighted by Crippen LogP contribution is -2.40. The minimum Gasteiger partial charge on any atom is -0.465 e. The zero-order valence-electron chi connectivity index (χ0n) is 14.7. The molecule has 3 heteroatoms. The molecule has 0 N–H and O–H groups in total. The second-order valence-corrected chi connectivity index (χ2v) is 12.2. The predicted octanol–water partition coefficient (Wildman–Crippen LogP) is 4.53.